The maximum Gasteiger partial charge on any atom is 0.148 e. The minimum Gasteiger partial charge on any atom is -0.410 e. The average Bonchev–Trinajstić information content (AvgIpc) is 2.85. The monoisotopic (exact) mass is 187 g/mol. The first-order valence-electron chi connectivity index (χ1n) is 4.63. The number of hydrogen-bond donors (Lipinski definition) is 1. The first-order valence-corrected chi connectivity index (χ1v) is 5.01. The molecule has 0 radical (unpaired) electrons. The van der Waals surface area contributed by atoms with Crippen LogP contribution in [0.25, 0.3) is 0 Å². The summed E-state index contributed by atoms with van der Waals surface area (Å²) < 4.78 is 0. The Morgan fingerprint density at radius 2 is 1.83 bits per heavy atom. The lowest BCUT2D eigenvalue weighted by Crippen LogP contribution is -2.19. The van der Waals surface area contributed by atoms with Gasteiger partial charge in [0.15, 0.2) is 0 Å². The van der Waals surface area contributed by atoms with Crippen molar-refractivity contribution < 1.29 is 5.21 Å². The van der Waals surface area contributed by atoms with Crippen molar-refractivity contribution in [1.29, 1.82) is 0 Å². The molecule has 12 heavy (non-hydrogen) atoms. The van der Waals surface area contributed by atoms with E-state index in [4.69, 9.17) is 16.8 Å². The second-order valence-electron chi connectivity index (χ2n) is 4.20. The van der Waals surface area contributed by atoms with Gasteiger partial charge in [-0.1, -0.05) is 16.8 Å². The van der Waals surface area contributed by atoms with Gasteiger partial charge in [-0.15, -0.1) is 0 Å². The Labute approximate surface area is 77.6 Å². The molecule has 0 saturated heterocycles. The number of rotatable bonds is 1. The Hall–Kier alpha value is -0.240. The van der Waals surface area contributed by atoms with Crippen LogP contribution in [0.2, 0.25) is 0 Å². The highest BCUT2D eigenvalue weighted by Crippen LogP contribution is 2.57. The zero-order valence-electron chi connectivity index (χ0n) is 7.09. The standard InChI is InChI=1S/C9H14ClNO/c10-8(11-12)7-1-3-9(4-2-7)5-6-9/h7,12H,1-6H2/b11-8+. The topological polar surface area (TPSA) is 32.6 Å². The van der Waals surface area contributed by atoms with E-state index in [9.17, 15) is 0 Å². The van der Waals surface area contributed by atoms with E-state index in [2.05, 4.69) is 5.16 Å². The molecule has 68 valence electrons. The zero-order chi connectivity index (χ0) is 8.60. The van der Waals surface area contributed by atoms with E-state index in [0.717, 1.165) is 12.8 Å². The fraction of sp³-hybridized carbons (Fsp3) is 0.889. The third kappa shape index (κ3) is 1.45. The van der Waals surface area contributed by atoms with Gasteiger partial charge in [0.2, 0.25) is 0 Å². The summed E-state index contributed by atoms with van der Waals surface area (Å²) >= 11 is 5.76. The normalized spacial score (nSPS) is 29.2. The molecule has 0 aromatic heterocycles. The van der Waals surface area contributed by atoms with Crippen molar-refractivity contribution in [2.45, 2.75) is 38.5 Å². The van der Waals surface area contributed by atoms with Gasteiger partial charge in [-0.05, 0) is 43.9 Å². The molecule has 1 spiro atoms. The molecular formula is C9H14ClNO. The lowest BCUT2D eigenvalue weighted by Gasteiger charge is -2.26. The van der Waals surface area contributed by atoms with Crippen LogP contribution in [0.5, 0.6) is 0 Å². The Bertz CT molecular complexity index is 201. The number of oxime groups is 1. The van der Waals surface area contributed by atoms with Crippen LogP contribution in [0.1, 0.15) is 38.5 Å². The van der Waals surface area contributed by atoms with Crippen molar-refractivity contribution in [3.8, 4) is 0 Å². The molecule has 2 saturated carbocycles. The van der Waals surface area contributed by atoms with Crippen molar-refractivity contribution in [3.63, 3.8) is 0 Å². The predicted octanol–water partition coefficient (Wildman–Crippen LogP) is 2.98. The molecule has 0 bridgehead atoms. The summed E-state index contributed by atoms with van der Waals surface area (Å²) in [7, 11) is 0. The smallest absolute Gasteiger partial charge is 0.148 e. The van der Waals surface area contributed by atoms with Crippen LogP contribution in [-0.4, -0.2) is 10.4 Å². The Kier molecular flexibility index (Phi) is 2.03. The van der Waals surface area contributed by atoms with E-state index >= 15 is 0 Å². The molecule has 1 N–H and O–H groups in total. The first kappa shape index (κ1) is 8.36. The molecule has 2 rings (SSSR count). The molecule has 0 aliphatic heterocycles. The zero-order valence-corrected chi connectivity index (χ0v) is 7.85. The van der Waals surface area contributed by atoms with Crippen LogP contribution in [0.15, 0.2) is 5.16 Å². The molecule has 0 amide bonds. The highest BCUT2D eigenvalue weighted by molar-refractivity contribution is 6.65. The quantitative estimate of drug-likeness (QED) is 0.382. The molecule has 2 nitrogen and oxygen atoms in total. The summed E-state index contributed by atoms with van der Waals surface area (Å²) in [6, 6.07) is 0. The van der Waals surface area contributed by atoms with Gasteiger partial charge >= 0.3 is 0 Å². The number of hydrogen-bond acceptors (Lipinski definition) is 2. The van der Waals surface area contributed by atoms with Crippen molar-refractivity contribution in [2.75, 3.05) is 0 Å². The molecule has 3 heteroatoms. The Morgan fingerprint density at radius 3 is 2.25 bits per heavy atom. The summed E-state index contributed by atoms with van der Waals surface area (Å²) in [5.74, 6) is 0.336. The van der Waals surface area contributed by atoms with Crippen LogP contribution in [0.3, 0.4) is 0 Å². The first-order chi connectivity index (χ1) is 5.76. The summed E-state index contributed by atoms with van der Waals surface area (Å²) in [5.41, 5.74) is 0.698. The van der Waals surface area contributed by atoms with Crippen molar-refractivity contribution in [1.82, 2.24) is 0 Å². The van der Waals surface area contributed by atoms with E-state index in [1.54, 1.807) is 0 Å². The van der Waals surface area contributed by atoms with Gasteiger partial charge in [0.25, 0.3) is 0 Å². The van der Waals surface area contributed by atoms with Crippen LogP contribution in [0, 0.1) is 11.3 Å². The third-order valence-corrected chi connectivity index (χ3v) is 3.82. The van der Waals surface area contributed by atoms with Gasteiger partial charge in [0.1, 0.15) is 5.17 Å². The molecule has 2 aliphatic carbocycles. The van der Waals surface area contributed by atoms with Crippen molar-refractivity contribution in [2.24, 2.45) is 16.5 Å². The van der Waals surface area contributed by atoms with Gasteiger partial charge < -0.3 is 5.21 Å². The Morgan fingerprint density at radius 1 is 1.25 bits per heavy atom. The molecule has 2 aliphatic rings. The van der Waals surface area contributed by atoms with Gasteiger partial charge in [0, 0.05) is 5.92 Å². The van der Waals surface area contributed by atoms with E-state index in [0.29, 0.717) is 16.5 Å². The summed E-state index contributed by atoms with van der Waals surface area (Å²) in [5, 5.41) is 12.0. The molecule has 0 atom stereocenters. The van der Waals surface area contributed by atoms with E-state index in [-0.39, 0.29) is 0 Å². The summed E-state index contributed by atoms with van der Waals surface area (Å²) in [6.45, 7) is 0. The summed E-state index contributed by atoms with van der Waals surface area (Å²) in [4.78, 5) is 0. The minimum atomic E-state index is 0.336. The lowest BCUT2D eigenvalue weighted by atomic mass is 9.80. The fourth-order valence-corrected chi connectivity index (χ4v) is 2.45. The third-order valence-electron chi connectivity index (χ3n) is 3.44. The highest BCUT2D eigenvalue weighted by Gasteiger charge is 2.45. The van der Waals surface area contributed by atoms with Gasteiger partial charge in [-0.2, -0.15) is 0 Å². The minimum absolute atomic E-state index is 0.336. The summed E-state index contributed by atoms with van der Waals surface area (Å²) in [6.07, 6.45) is 7.61. The molecule has 0 unspecified atom stereocenters. The van der Waals surface area contributed by atoms with Crippen LogP contribution in [0.4, 0.5) is 0 Å². The highest BCUT2D eigenvalue weighted by atomic mass is 35.5. The van der Waals surface area contributed by atoms with Gasteiger partial charge in [0.05, 0.1) is 0 Å². The lowest BCUT2D eigenvalue weighted by molar-refractivity contribution is 0.286. The molecular weight excluding hydrogens is 174 g/mol. The van der Waals surface area contributed by atoms with Crippen LogP contribution < -0.4 is 0 Å². The molecule has 0 heterocycles. The number of nitrogens with zero attached hydrogens (tertiary/aromatic N) is 1. The second kappa shape index (κ2) is 2.91. The van der Waals surface area contributed by atoms with Gasteiger partial charge in [-0.3, -0.25) is 0 Å². The number of halogens is 1. The van der Waals surface area contributed by atoms with E-state index in [1.165, 1.54) is 25.7 Å². The largest absolute Gasteiger partial charge is 0.410 e. The van der Waals surface area contributed by atoms with Crippen LogP contribution in [-0.2, 0) is 0 Å². The molecule has 2 fully saturated rings. The van der Waals surface area contributed by atoms with Gasteiger partial charge in [-0.25, -0.2) is 0 Å². The second-order valence-corrected chi connectivity index (χ2v) is 4.58. The van der Waals surface area contributed by atoms with Crippen molar-refractivity contribution >= 4 is 16.8 Å². The Balaban J connectivity index is 1.89. The SMILES string of the molecule is O/N=C(/Cl)C1CCC2(CC1)CC2. The van der Waals surface area contributed by atoms with E-state index < -0.39 is 0 Å². The molecule has 0 aromatic rings. The average molecular weight is 188 g/mol. The van der Waals surface area contributed by atoms with Crippen LogP contribution >= 0.6 is 11.6 Å². The maximum absolute atomic E-state index is 8.49. The molecule has 0 aromatic carbocycles. The van der Waals surface area contributed by atoms with Crippen molar-refractivity contribution in [3.05, 3.63) is 0 Å². The maximum atomic E-state index is 8.49. The van der Waals surface area contributed by atoms with E-state index in [1.807, 2.05) is 0 Å². The fourth-order valence-electron chi connectivity index (χ4n) is 2.23. The predicted molar refractivity (Wildman–Crippen MR) is 48.7 cm³/mol.